The molecule has 8 heteroatoms. The Hall–Kier alpha value is -1.70. The molecule has 1 amide bonds. The fourth-order valence-corrected chi connectivity index (χ4v) is 2.41. The van der Waals surface area contributed by atoms with Crippen molar-refractivity contribution in [3.05, 3.63) is 29.8 Å². The quantitative estimate of drug-likeness (QED) is 0.852. The smallest absolute Gasteiger partial charge is 0.323 e. The summed E-state index contributed by atoms with van der Waals surface area (Å²) in [6.07, 6.45) is -4.51. The topological polar surface area (TPSA) is 32.3 Å². The van der Waals surface area contributed by atoms with Crippen LogP contribution in [0, 0.1) is 23.5 Å². The van der Waals surface area contributed by atoms with Crippen molar-refractivity contribution in [2.75, 3.05) is 25.5 Å². The molecule has 0 saturated carbocycles. The number of hydrogen-bond donors (Lipinski definition) is 1. The summed E-state index contributed by atoms with van der Waals surface area (Å²) in [5, 5.41) is 2.09. The molecule has 1 aromatic carbocycles. The largest absolute Gasteiger partial charge is 0.393 e. The van der Waals surface area contributed by atoms with Gasteiger partial charge < -0.3 is 10.2 Å². The van der Waals surface area contributed by atoms with Gasteiger partial charge in [-0.15, -0.1) is 0 Å². The zero-order chi connectivity index (χ0) is 15.8. The third-order valence-corrected chi connectivity index (χ3v) is 3.45. The van der Waals surface area contributed by atoms with Crippen LogP contribution in [0.4, 0.5) is 27.6 Å². The lowest BCUT2D eigenvalue weighted by atomic mass is 9.94. The maximum absolute atomic E-state index is 13.4. The lowest BCUT2D eigenvalue weighted by Crippen LogP contribution is -2.36. The van der Waals surface area contributed by atoms with Crippen molar-refractivity contribution >= 4 is 11.6 Å². The van der Waals surface area contributed by atoms with Gasteiger partial charge in [-0.25, -0.2) is 8.78 Å². The van der Waals surface area contributed by atoms with Crippen molar-refractivity contribution in [3.63, 3.8) is 0 Å². The van der Waals surface area contributed by atoms with Crippen LogP contribution in [0.25, 0.3) is 0 Å². The Balaban J connectivity index is 2.15. The predicted molar refractivity (Wildman–Crippen MR) is 65.5 cm³/mol. The Labute approximate surface area is 117 Å². The number of benzene rings is 1. The summed E-state index contributed by atoms with van der Waals surface area (Å²) in [5.41, 5.74) is -0.336. The number of nitrogens with one attached hydrogen (secondary N) is 1. The van der Waals surface area contributed by atoms with Gasteiger partial charge in [-0.2, -0.15) is 13.2 Å². The van der Waals surface area contributed by atoms with Gasteiger partial charge in [-0.1, -0.05) is 0 Å². The van der Waals surface area contributed by atoms with Crippen LogP contribution < -0.4 is 5.32 Å². The van der Waals surface area contributed by atoms with Crippen LogP contribution in [0.2, 0.25) is 0 Å². The van der Waals surface area contributed by atoms with Crippen LogP contribution in [-0.2, 0) is 4.79 Å². The molecule has 1 aliphatic heterocycles. The second-order valence-electron chi connectivity index (χ2n) is 5.09. The van der Waals surface area contributed by atoms with Crippen LogP contribution in [0.3, 0.4) is 0 Å². The average Bonchev–Trinajstić information content (AvgIpc) is 2.75. The van der Waals surface area contributed by atoms with E-state index in [0.717, 1.165) is 12.1 Å². The summed E-state index contributed by atoms with van der Waals surface area (Å²) in [7, 11) is 1.48. The van der Waals surface area contributed by atoms with E-state index in [4.69, 9.17) is 0 Å². The average molecular weight is 308 g/mol. The summed E-state index contributed by atoms with van der Waals surface area (Å²) in [6.45, 7) is -0.355. The van der Waals surface area contributed by atoms with Gasteiger partial charge in [0.15, 0.2) is 0 Å². The summed E-state index contributed by atoms with van der Waals surface area (Å²) in [5.74, 6) is -5.91. The number of carbonyl (C=O) groups excluding carboxylic acids is 1. The van der Waals surface area contributed by atoms with Crippen LogP contribution in [-0.4, -0.2) is 37.1 Å². The molecule has 3 nitrogen and oxygen atoms in total. The van der Waals surface area contributed by atoms with Crippen LogP contribution >= 0.6 is 0 Å². The van der Waals surface area contributed by atoms with E-state index in [1.807, 2.05) is 0 Å². The number of carbonyl (C=O) groups is 1. The SMILES string of the molecule is CN1CC(C(=O)Nc2ccc(F)cc2F)C(C(F)(F)F)C1. The number of halogens is 5. The van der Waals surface area contributed by atoms with Gasteiger partial charge in [0.1, 0.15) is 11.6 Å². The van der Waals surface area contributed by atoms with E-state index in [-0.39, 0.29) is 18.8 Å². The number of alkyl halides is 3. The number of amides is 1. The van der Waals surface area contributed by atoms with E-state index < -0.39 is 35.6 Å². The molecule has 1 aromatic rings. The zero-order valence-corrected chi connectivity index (χ0v) is 11.0. The summed E-state index contributed by atoms with van der Waals surface area (Å²) >= 11 is 0. The van der Waals surface area contributed by atoms with Gasteiger partial charge in [-0.05, 0) is 19.2 Å². The molecular formula is C13H13F5N2O. The normalized spacial score (nSPS) is 23.3. The highest BCUT2D eigenvalue weighted by Gasteiger charge is 2.51. The molecule has 1 aliphatic rings. The van der Waals surface area contributed by atoms with Crippen LogP contribution in [0.1, 0.15) is 0 Å². The highest BCUT2D eigenvalue weighted by atomic mass is 19.4. The predicted octanol–water partition coefficient (Wildman–Crippen LogP) is 2.64. The molecule has 0 aromatic heterocycles. The second-order valence-corrected chi connectivity index (χ2v) is 5.09. The van der Waals surface area contributed by atoms with Crippen molar-refractivity contribution < 1.29 is 26.7 Å². The molecule has 2 rings (SSSR count). The molecule has 21 heavy (non-hydrogen) atoms. The van der Waals surface area contributed by atoms with E-state index >= 15 is 0 Å². The van der Waals surface area contributed by atoms with E-state index in [0.29, 0.717) is 6.07 Å². The van der Waals surface area contributed by atoms with Crippen molar-refractivity contribution in [2.24, 2.45) is 11.8 Å². The molecule has 0 aliphatic carbocycles. The minimum Gasteiger partial charge on any atom is -0.323 e. The molecule has 1 fully saturated rings. The first kappa shape index (κ1) is 15.7. The molecule has 0 bridgehead atoms. The molecule has 1 saturated heterocycles. The molecule has 1 heterocycles. The molecule has 0 spiro atoms. The highest BCUT2D eigenvalue weighted by Crippen LogP contribution is 2.37. The standard InChI is InChI=1S/C13H13F5N2O/c1-20-5-8(9(6-20)13(16,17)18)12(21)19-11-3-2-7(14)4-10(11)15/h2-4,8-9H,5-6H2,1H3,(H,19,21). The first-order valence-corrected chi connectivity index (χ1v) is 6.19. The molecular weight excluding hydrogens is 295 g/mol. The molecule has 2 unspecified atom stereocenters. The second kappa shape index (κ2) is 5.59. The minimum absolute atomic E-state index is 0.0706. The molecule has 1 N–H and O–H groups in total. The van der Waals surface area contributed by atoms with E-state index in [2.05, 4.69) is 5.32 Å². The summed E-state index contributed by atoms with van der Waals surface area (Å²) < 4.78 is 64.8. The fourth-order valence-electron chi connectivity index (χ4n) is 2.41. The third kappa shape index (κ3) is 3.49. The van der Waals surface area contributed by atoms with Crippen molar-refractivity contribution in [3.8, 4) is 0 Å². The van der Waals surface area contributed by atoms with Crippen molar-refractivity contribution in [1.29, 1.82) is 0 Å². The Kier molecular flexibility index (Phi) is 4.18. The van der Waals surface area contributed by atoms with Gasteiger partial charge in [0.25, 0.3) is 0 Å². The number of rotatable bonds is 2. The van der Waals surface area contributed by atoms with Crippen molar-refractivity contribution in [2.45, 2.75) is 6.18 Å². The number of anilines is 1. The minimum atomic E-state index is -4.51. The highest BCUT2D eigenvalue weighted by molar-refractivity contribution is 5.93. The maximum atomic E-state index is 13.4. The molecule has 116 valence electrons. The molecule has 0 radical (unpaired) electrons. The third-order valence-electron chi connectivity index (χ3n) is 3.45. The summed E-state index contributed by atoms with van der Waals surface area (Å²) in [4.78, 5) is 13.3. The van der Waals surface area contributed by atoms with Gasteiger partial charge >= 0.3 is 6.18 Å². The van der Waals surface area contributed by atoms with Crippen LogP contribution in [0.5, 0.6) is 0 Å². The fraction of sp³-hybridized carbons (Fsp3) is 0.462. The Morgan fingerprint density at radius 1 is 1.29 bits per heavy atom. The van der Waals surface area contributed by atoms with Gasteiger partial charge in [0.2, 0.25) is 5.91 Å². The summed E-state index contributed by atoms with van der Waals surface area (Å²) in [6, 6.07) is 2.45. The van der Waals surface area contributed by atoms with Crippen molar-refractivity contribution in [1.82, 2.24) is 4.90 Å². The van der Waals surface area contributed by atoms with Gasteiger partial charge in [0, 0.05) is 19.2 Å². The number of likely N-dealkylation sites (tertiary alicyclic amines) is 1. The zero-order valence-electron chi connectivity index (χ0n) is 11.0. The first-order valence-electron chi connectivity index (χ1n) is 6.19. The number of nitrogens with zero attached hydrogens (tertiary/aromatic N) is 1. The number of hydrogen-bond acceptors (Lipinski definition) is 2. The van der Waals surface area contributed by atoms with E-state index in [1.165, 1.54) is 11.9 Å². The lowest BCUT2D eigenvalue weighted by Gasteiger charge is -2.20. The molecule has 2 atom stereocenters. The van der Waals surface area contributed by atoms with E-state index in [1.54, 1.807) is 0 Å². The van der Waals surface area contributed by atoms with Crippen LogP contribution in [0.15, 0.2) is 18.2 Å². The Bertz CT molecular complexity index is 546. The maximum Gasteiger partial charge on any atom is 0.393 e. The first-order chi connectivity index (χ1) is 9.68. The van der Waals surface area contributed by atoms with E-state index in [9.17, 15) is 26.7 Å². The van der Waals surface area contributed by atoms with Gasteiger partial charge in [0.05, 0.1) is 17.5 Å². The Morgan fingerprint density at radius 3 is 2.52 bits per heavy atom. The monoisotopic (exact) mass is 308 g/mol. The Morgan fingerprint density at radius 2 is 1.95 bits per heavy atom. The van der Waals surface area contributed by atoms with Gasteiger partial charge in [-0.3, -0.25) is 4.79 Å². The lowest BCUT2D eigenvalue weighted by molar-refractivity contribution is -0.182.